The molecule has 0 aliphatic carbocycles. The molecule has 2 N–H and O–H groups in total. The average Bonchev–Trinajstić information content (AvgIpc) is 2.51. The topological polar surface area (TPSA) is 67.4 Å². The molecule has 0 bridgehead atoms. The Labute approximate surface area is 154 Å². The first-order valence-corrected chi connectivity index (χ1v) is 8.34. The predicted octanol–water partition coefficient (Wildman–Crippen LogP) is 3.71. The van der Waals surface area contributed by atoms with Gasteiger partial charge in [-0.1, -0.05) is 49.5 Å². The summed E-state index contributed by atoms with van der Waals surface area (Å²) in [6.45, 7) is -0.278. The van der Waals surface area contributed by atoms with E-state index < -0.39 is 11.8 Å². The summed E-state index contributed by atoms with van der Waals surface area (Å²) in [6, 6.07) is 11.8. The van der Waals surface area contributed by atoms with Crippen LogP contribution in [-0.2, 0) is 4.79 Å². The number of rotatable bonds is 4. The molecule has 0 radical (unpaired) electrons. The zero-order valence-corrected chi connectivity index (χ0v) is 15.5. The van der Waals surface area contributed by atoms with Crippen LogP contribution < -0.4 is 15.6 Å². The Morgan fingerprint density at radius 2 is 1.78 bits per heavy atom. The summed E-state index contributed by atoms with van der Waals surface area (Å²) >= 11 is 12.5. The van der Waals surface area contributed by atoms with Crippen molar-refractivity contribution in [2.45, 2.75) is 0 Å². The molecule has 23 heavy (non-hydrogen) atoms. The lowest BCUT2D eigenvalue weighted by Gasteiger charge is -2.10. The normalized spacial score (nSPS) is 10.0. The van der Waals surface area contributed by atoms with E-state index in [1.54, 1.807) is 42.5 Å². The van der Waals surface area contributed by atoms with E-state index in [0.29, 0.717) is 16.3 Å². The fourth-order valence-electron chi connectivity index (χ4n) is 1.60. The van der Waals surface area contributed by atoms with Crippen LogP contribution in [0.2, 0.25) is 5.02 Å². The summed E-state index contributed by atoms with van der Waals surface area (Å²) in [4.78, 5) is 23.5. The van der Waals surface area contributed by atoms with Crippen LogP contribution >= 0.6 is 43.5 Å². The van der Waals surface area contributed by atoms with E-state index in [0.717, 1.165) is 8.95 Å². The van der Waals surface area contributed by atoms with Crippen molar-refractivity contribution in [2.75, 3.05) is 6.61 Å². The maximum absolute atomic E-state index is 11.9. The van der Waals surface area contributed by atoms with Crippen molar-refractivity contribution in [1.82, 2.24) is 10.9 Å². The second-order valence-corrected chi connectivity index (χ2v) is 6.61. The molecule has 0 aromatic heterocycles. The van der Waals surface area contributed by atoms with Gasteiger partial charge >= 0.3 is 0 Å². The third-order valence-electron chi connectivity index (χ3n) is 2.65. The molecule has 0 saturated carbocycles. The maximum atomic E-state index is 11.9. The van der Waals surface area contributed by atoms with Crippen LogP contribution in [-0.4, -0.2) is 18.4 Å². The number of ether oxygens (including phenoxy) is 1. The second-order valence-electron chi connectivity index (χ2n) is 4.38. The van der Waals surface area contributed by atoms with Gasteiger partial charge in [0.2, 0.25) is 0 Å². The summed E-state index contributed by atoms with van der Waals surface area (Å²) in [6.07, 6.45) is 0. The third kappa shape index (κ3) is 5.53. The molecule has 2 aromatic carbocycles. The van der Waals surface area contributed by atoms with Gasteiger partial charge in [0.15, 0.2) is 6.61 Å². The fourth-order valence-corrected chi connectivity index (χ4v) is 2.73. The number of hydrazine groups is 1. The standard InChI is InChI=1S/C15H11Br2ClN2O3/c16-10-3-1-2-9(6-10)15(22)20-19-14(21)8-23-13-5-4-11(17)7-12(13)18/h1-7H,8H2,(H,19,21)(H,20,22). The van der Waals surface area contributed by atoms with Crippen LogP contribution in [0, 0.1) is 0 Å². The smallest absolute Gasteiger partial charge is 0.276 e. The van der Waals surface area contributed by atoms with Gasteiger partial charge < -0.3 is 4.74 Å². The number of benzene rings is 2. The van der Waals surface area contributed by atoms with E-state index in [1.807, 2.05) is 0 Å². The van der Waals surface area contributed by atoms with E-state index in [4.69, 9.17) is 16.3 Å². The first-order valence-electron chi connectivity index (χ1n) is 6.38. The van der Waals surface area contributed by atoms with Crippen LogP contribution in [0.15, 0.2) is 51.4 Å². The molecule has 120 valence electrons. The van der Waals surface area contributed by atoms with Crippen molar-refractivity contribution in [3.8, 4) is 5.75 Å². The molecule has 2 aromatic rings. The molecule has 0 fully saturated rings. The Kier molecular flexibility index (Phi) is 6.44. The first kappa shape index (κ1) is 17.8. The number of hydrogen-bond acceptors (Lipinski definition) is 3. The highest BCUT2D eigenvalue weighted by Gasteiger charge is 2.09. The second kappa shape index (κ2) is 8.33. The molecule has 0 aliphatic rings. The Morgan fingerprint density at radius 3 is 2.48 bits per heavy atom. The van der Waals surface area contributed by atoms with Gasteiger partial charge in [0.1, 0.15) is 5.75 Å². The first-order chi connectivity index (χ1) is 11.0. The molecule has 2 rings (SSSR count). The van der Waals surface area contributed by atoms with Crippen LogP contribution in [0.4, 0.5) is 0 Å². The van der Waals surface area contributed by atoms with E-state index >= 15 is 0 Å². The van der Waals surface area contributed by atoms with Gasteiger partial charge in [-0.3, -0.25) is 20.4 Å². The Morgan fingerprint density at radius 1 is 1.04 bits per heavy atom. The monoisotopic (exact) mass is 460 g/mol. The van der Waals surface area contributed by atoms with Gasteiger partial charge in [0.25, 0.3) is 11.8 Å². The molecular weight excluding hydrogens is 451 g/mol. The van der Waals surface area contributed by atoms with Gasteiger partial charge in [0, 0.05) is 14.5 Å². The molecule has 0 saturated heterocycles. The van der Waals surface area contributed by atoms with E-state index in [2.05, 4.69) is 42.7 Å². The molecule has 8 heteroatoms. The molecule has 0 aliphatic heterocycles. The quantitative estimate of drug-likeness (QED) is 0.681. The molecule has 2 amide bonds. The average molecular weight is 463 g/mol. The predicted molar refractivity (Wildman–Crippen MR) is 94.4 cm³/mol. The van der Waals surface area contributed by atoms with Crippen molar-refractivity contribution in [2.24, 2.45) is 0 Å². The van der Waals surface area contributed by atoms with E-state index in [-0.39, 0.29) is 6.61 Å². The van der Waals surface area contributed by atoms with Gasteiger partial charge in [0.05, 0.1) is 5.02 Å². The largest absolute Gasteiger partial charge is 0.482 e. The number of halogens is 3. The minimum atomic E-state index is -0.507. The third-order valence-corrected chi connectivity index (χ3v) is 3.94. The highest BCUT2D eigenvalue weighted by atomic mass is 79.9. The lowest BCUT2D eigenvalue weighted by Crippen LogP contribution is -2.43. The minimum Gasteiger partial charge on any atom is -0.482 e. The van der Waals surface area contributed by atoms with Crippen LogP contribution in [0.25, 0.3) is 0 Å². The minimum absolute atomic E-state index is 0.278. The molecule has 0 unspecified atom stereocenters. The number of nitrogens with one attached hydrogen (secondary N) is 2. The molecule has 0 atom stereocenters. The van der Waals surface area contributed by atoms with Gasteiger partial charge in [-0.25, -0.2) is 0 Å². The number of hydrogen-bond donors (Lipinski definition) is 2. The summed E-state index contributed by atoms with van der Waals surface area (Å²) < 4.78 is 6.86. The highest BCUT2D eigenvalue weighted by Crippen LogP contribution is 2.27. The number of carbonyl (C=O) groups is 2. The van der Waals surface area contributed by atoms with Crippen molar-refractivity contribution in [3.63, 3.8) is 0 Å². The van der Waals surface area contributed by atoms with Crippen LogP contribution in [0.1, 0.15) is 10.4 Å². The summed E-state index contributed by atoms with van der Waals surface area (Å²) in [7, 11) is 0. The van der Waals surface area contributed by atoms with Gasteiger partial charge in [-0.05, 0) is 36.4 Å². The maximum Gasteiger partial charge on any atom is 0.276 e. The van der Waals surface area contributed by atoms with Crippen molar-refractivity contribution in [3.05, 3.63) is 62.0 Å². The Balaban J connectivity index is 1.82. The fraction of sp³-hybridized carbons (Fsp3) is 0.0667. The Bertz CT molecular complexity index is 740. The summed E-state index contributed by atoms with van der Waals surface area (Å²) in [5.74, 6) is -0.558. The zero-order valence-electron chi connectivity index (χ0n) is 11.6. The summed E-state index contributed by atoms with van der Waals surface area (Å²) in [5, 5.41) is 0.380. The summed E-state index contributed by atoms with van der Waals surface area (Å²) in [5.41, 5.74) is 4.99. The van der Waals surface area contributed by atoms with E-state index in [9.17, 15) is 9.59 Å². The lowest BCUT2D eigenvalue weighted by molar-refractivity contribution is -0.123. The number of carbonyl (C=O) groups excluding carboxylic acids is 2. The van der Waals surface area contributed by atoms with E-state index in [1.165, 1.54) is 0 Å². The van der Waals surface area contributed by atoms with Crippen LogP contribution in [0.3, 0.4) is 0 Å². The molecule has 0 spiro atoms. The Hall–Kier alpha value is -1.57. The molecular formula is C15H11Br2ClN2O3. The number of amides is 2. The molecule has 0 heterocycles. The zero-order chi connectivity index (χ0) is 16.8. The van der Waals surface area contributed by atoms with Gasteiger partial charge in [-0.2, -0.15) is 0 Å². The lowest BCUT2D eigenvalue weighted by atomic mass is 10.2. The van der Waals surface area contributed by atoms with Crippen molar-refractivity contribution < 1.29 is 14.3 Å². The van der Waals surface area contributed by atoms with Gasteiger partial charge in [-0.15, -0.1) is 0 Å². The molecule has 5 nitrogen and oxygen atoms in total. The van der Waals surface area contributed by atoms with Crippen LogP contribution in [0.5, 0.6) is 5.75 Å². The van der Waals surface area contributed by atoms with Crippen molar-refractivity contribution >= 4 is 55.3 Å². The highest BCUT2D eigenvalue weighted by molar-refractivity contribution is 9.10. The van der Waals surface area contributed by atoms with Crippen molar-refractivity contribution in [1.29, 1.82) is 0 Å². The SMILES string of the molecule is O=C(COc1ccc(Br)cc1Cl)NNC(=O)c1cccc(Br)c1.